The molecule has 5 rings (SSSR count). The first-order chi connectivity index (χ1) is 20.3. The number of hydrogen-bond donors (Lipinski definition) is 4. The predicted molar refractivity (Wildman–Crippen MR) is 179 cm³/mol. The maximum absolute atomic E-state index is 6.28. The van der Waals surface area contributed by atoms with Crippen LogP contribution < -0.4 is 11.5 Å². The van der Waals surface area contributed by atoms with Crippen molar-refractivity contribution in [2.45, 2.75) is 12.8 Å². The molecule has 218 valence electrons. The Kier molecular flexibility index (Phi) is 9.05. The maximum Gasteiger partial charge on any atom is 0.125 e. The molecule has 3 aromatic carbocycles. The van der Waals surface area contributed by atoms with Crippen molar-refractivity contribution < 1.29 is 0 Å². The zero-order valence-corrected chi connectivity index (χ0v) is 25.1. The van der Waals surface area contributed by atoms with Gasteiger partial charge < -0.3 is 31.2 Å². The molecule has 42 heavy (non-hydrogen) atoms. The van der Waals surface area contributed by atoms with Gasteiger partial charge in [-0.2, -0.15) is 0 Å². The Bertz CT molecular complexity index is 1580. The summed E-state index contributed by atoms with van der Waals surface area (Å²) in [7, 11) is 8.27. The number of nitrogens with zero attached hydrogens (tertiary/aromatic N) is 4. The van der Waals surface area contributed by atoms with Crippen molar-refractivity contribution >= 4 is 33.5 Å². The van der Waals surface area contributed by atoms with Crippen molar-refractivity contribution in [2.75, 3.05) is 54.4 Å². The topological polar surface area (TPSA) is 115 Å². The fourth-order valence-corrected chi connectivity index (χ4v) is 5.07. The van der Waals surface area contributed by atoms with Gasteiger partial charge in [0.1, 0.15) is 11.7 Å². The normalized spacial score (nSPS) is 12.8. The van der Waals surface area contributed by atoms with Gasteiger partial charge in [0.05, 0.1) is 0 Å². The lowest BCUT2D eigenvalue weighted by Crippen LogP contribution is -2.16. The fraction of sp³-hybridized carbons (Fsp3) is 0.294. The summed E-state index contributed by atoms with van der Waals surface area (Å²) in [6, 6.07) is 25.4. The Hall–Kier alpha value is -4.40. The lowest BCUT2D eigenvalue weighted by molar-refractivity contribution is 0.403. The van der Waals surface area contributed by atoms with E-state index in [2.05, 4.69) is 119 Å². The summed E-state index contributed by atoms with van der Waals surface area (Å²) in [5, 5.41) is 2.29. The van der Waals surface area contributed by atoms with Crippen LogP contribution in [0.3, 0.4) is 0 Å². The number of aliphatic imine (C=N–C) groups is 2. The van der Waals surface area contributed by atoms with E-state index in [-0.39, 0.29) is 0 Å². The van der Waals surface area contributed by atoms with Crippen molar-refractivity contribution in [1.29, 1.82) is 0 Å². The summed E-state index contributed by atoms with van der Waals surface area (Å²) in [6.07, 6.45) is 1.97. The van der Waals surface area contributed by atoms with E-state index in [1.807, 2.05) is 12.1 Å². The van der Waals surface area contributed by atoms with Crippen LogP contribution in [0.4, 0.5) is 0 Å². The average Bonchev–Trinajstić information content (AvgIpc) is 3.61. The molecule has 0 unspecified atom stereocenters. The van der Waals surface area contributed by atoms with Crippen LogP contribution >= 0.6 is 0 Å². The molecule has 5 aromatic rings. The molecule has 0 aliphatic heterocycles. The molecule has 2 heterocycles. The van der Waals surface area contributed by atoms with Gasteiger partial charge in [-0.25, -0.2) is 0 Å². The zero-order valence-electron chi connectivity index (χ0n) is 25.1. The highest BCUT2D eigenvalue weighted by atomic mass is 15.1. The van der Waals surface area contributed by atoms with Crippen molar-refractivity contribution in [3.05, 3.63) is 83.9 Å². The molecule has 0 saturated carbocycles. The summed E-state index contributed by atoms with van der Waals surface area (Å²) in [5.74, 6) is 1.16. The van der Waals surface area contributed by atoms with Crippen LogP contribution in [-0.4, -0.2) is 85.8 Å². The van der Waals surface area contributed by atoms with Gasteiger partial charge in [-0.15, -0.1) is 0 Å². The zero-order chi connectivity index (χ0) is 29.6. The molecule has 0 radical (unpaired) electrons. The molecule has 0 bridgehead atoms. The van der Waals surface area contributed by atoms with Gasteiger partial charge >= 0.3 is 0 Å². The third-order valence-corrected chi connectivity index (χ3v) is 7.43. The molecule has 2 aromatic heterocycles. The molecular weight excluding hydrogens is 520 g/mol. The standard InChI is InChI=1S/C34H42N8/c1-41(2)17-5-15-37-33(35)27-13-11-25-19-29(39-31(25)21-27)23-7-9-24(10-8-23)30-20-26-12-14-28(22-32(26)40-30)34(36)38-16-6-18-42(3)4/h7-14,19-22,39-40H,5-6,15-18H2,1-4H3,(H2,35,37)(H2,36,38). The van der Waals surface area contributed by atoms with Gasteiger partial charge in [-0.05, 0) is 89.5 Å². The third-order valence-electron chi connectivity index (χ3n) is 7.43. The van der Waals surface area contributed by atoms with E-state index >= 15 is 0 Å². The predicted octanol–water partition coefficient (Wildman–Crippen LogP) is 5.30. The Morgan fingerprint density at radius 3 is 1.38 bits per heavy atom. The Morgan fingerprint density at radius 1 is 0.595 bits per heavy atom. The monoisotopic (exact) mass is 562 g/mol. The summed E-state index contributed by atoms with van der Waals surface area (Å²) in [4.78, 5) is 20.6. The highest BCUT2D eigenvalue weighted by Crippen LogP contribution is 2.29. The van der Waals surface area contributed by atoms with Crippen LogP contribution in [0.15, 0.2) is 82.8 Å². The van der Waals surface area contributed by atoms with Crippen LogP contribution in [0.1, 0.15) is 24.0 Å². The number of H-pyrrole nitrogens is 2. The largest absolute Gasteiger partial charge is 0.384 e. The Balaban J connectivity index is 1.29. The highest BCUT2D eigenvalue weighted by Gasteiger charge is 2.09. The molecular formula is C34H42N8. The lowest BCUT2D eigenvalue weighted by atomic mass is 10.1. The van der Waals surface area contributed by atoms with E-state index < -0.39 is 0 Å². The van der Waals surface area contributed by atoms with E-state index in [1.54, 1.807) is 0 Å². The summed E-state index contributed by atoms with van der Waals surface area (Å²) in [6.45, 7) is 3.44. The lowest BCUT2D eigenvalue weighted by Gasteiger charge is -2.07. The number of nitrogens with two attached hydrogens (primary N) is 2. The molecule has 8 heteroatoms. The minimum absolute atomic E-state index is 0.580. The van der Waals surface area contributed by atoms with Gasteiger partial charge in [0.2, 0.25) is 0 Å². The summed E-state index contributed by atoms with van der Waals surface area (Å²) >= 11 is 0. The quantitative estimate of drug-likeness (QED) is 0.0939. The van der Waals surface area contributed by atoms with E-state index in [9.17, 15) is 0 Å². The number of aromatic amines is 2. The Morgan fingerprint density at radius 2 is 1.00 bits per heavy atom. The number of aromatic nitrogens is 2. The van der Waals surface area contributed by atoms with Crippen molar-refractivity contribution in [3.63, 3.8) is 0 Å². The van der Waals surface area contributed by atoms with Crippen LogP contribution in [-0.2, 0) is 0 Å². The number of rotatable bonds is 12. The number of amidine groups is 2. The average molecular weight is 563 g/mol. The smallest absolute Gasteiger partial charge is 0.125 e. The second-order valence-corrected chi connectivity index (χ2v) is 11.4. The van der Waals surface area contributed by atoms with E-state index in [0.29, 0.717) is 11.7 Å². The summed E-state index contributed by atoms with van der Waals surface area (Å²) < 4.78 is 0. The number of benzene rings is 3. The Labute approximate surface area is 248 Å². The van der Waals surface area contributed by atoms with Crippen molar-refractivity contribution in [3.8, 4) is 22.5 Å². The van der Waals surface area contributed by atoms with Gasteiger partial charge in [0, 0.05) is 57.4 Å². The maximum atomic E-state index is 6.28. The molecule has 6 N–H and O–H groups in total. The van der Waals surface area contributed by atoms with E-state index in [4.69, 9.17) is 11.5 Å². The van der Waals surface area contributed by atoms with Gasteiger partial charge in [-0.1, -0.05) is 48.5 Å². The van der Waals surface area contributed by atoms with Crippen molar-refractivity contribution in [2.24, 2.45) is 21.5 Å². The highest BCUT2D eigenvalue weighted by molar-refractivity contribution is 6.02. The van der Waals surface area contributed by atoms with Crippen LogP contribution in [0, 0.1) is 0 Å². The van der Waals surface area contributed by atoms with Gasteiger partial charge in [-0.3, -0.25) is 9.98 Å². The molecule has 0 aliphatic carbocycles. The number of fused-ring (bicyclic) bond motifs is 2. The molecule has 0 amide bonds. The minimum atomic E-state index is 0.580. The van der Waals surface area contributed by atoms with E-state index in [0.717, 1.165) is 94.5 Å². The molecule has 0 spiro atoms. The first-order valence-electron chi connectivity index (χ1n) is 14.5. The third kappa shape index (κ3) is 7.08. The van der Waals surface area contributed by atoms with Crippen LogP contribution in [0.25, 0.3) is 44.3 Å². The first kappa shape index (κ1) is 29.1. The summed E-state index contributed by atoms with van der Waals surface area (Å²) in [5.41, 5.74) is 20.9. The fourth-order valence-electron chi connectivity index (χ4n) is 5.07. The van der Waals surface area contributed by atoms with Crippen LogP contribution in [0.5, 0.6) is 0 Å². The first-order valence-corrected chi connectivity index (χ1v) is 14.5. The SMILES string of the molecule is CN(C)CCCN=C(N)c1ccc2cc(-c3ccc(-c4cc5ccc(C(N)=NCCCN(C)C)cc5[nH]4)cc3)[nH]c2c1. The second kappa shape index (κ2) is 13.1. The molecule has 0 fully saturated rings. The second-order valence-electron chi connectivity index (χ2n) is 11.4. The van der Waals surface area contributed by atoms with E-state index in [1.165, 1.54) is 0 Å². The number of nitrogens with one attached hydrogen (secondary N) is 2. The molecule has 0 aliphatic rings. The number of hydrogen-bond acceptors (Lipinski definition) is 4. The van der Waals surface area contributed by atoms with Gasteiger partial charge in [0.25, 0.3) is 0 Å². The molecule has 0 saturated heterocycles. The van der Waals surface area contributed by atoms with Crippen molar-refractivity contribution in [1.82, 2.24) is 19.8 Å². The van der Waals surface area contributed by atoms with Crippen LogP contribution in [0.2, 0.25) is 0 Å². The van der Waals surface area contributed by atoms with Gasteiger partial charge in [0.15, 0.2) is 0 Å². The minimum Gasteiger partial charge on any atom is -0.384 e. The molecule has 0 atom stereocenters. The molecule has 8 nitrogen and oxygen atoms in total.